The Kier molecular flexibility index (Phi) is 4.99. The van der Waals surface area contributed by atoms with Crippen molar-refractivity contribution in [1.29, 1.82) is 0 Å². The number of hydrogen-bond donors (Lipinski definition) is 1. The summed E-state index contributed by atoms with van der Waals surface area (Å²) >= 11 is 0. The van der Waals surface area contributed by atoms with Gasteiger partial charge in [-0.25, -0.2) is 0 Å². The Bertz CT molecular complexity index is 608. The summed E-state index contributed by atoms with van der Waals surface area (Å²) in [5.74, 6) is 0.634. The van der Waals surface area contributed by atoms with Crippen LogP contribution in [0.4, 0.5) is 0 Å². The van der Waals surface area contributed by atoms with Crippen molar-refractivity contribution in [3.8, 4) is 5.75 Å². The van der Waals surface area contributed by atoms with Gasteiger partial charge in [-0.15, -0.1) is 0 Å². The molecule has 0 heterocycles. The molecule has 0 unspecified atom stereocenters. The molecule has 0 aromatic heterocycles. The molecule has 1 N–H and O–H groups in total. The smallest absolute Gasteiger partial charge is 0.258 e. The molecule has 0 bridgehead atoms. The van der Waals surface area contributed by atoms with E-state index in [1.807, 2.05) is 69.3 Å². The van der Waals surface area contributed by atoms with Crippen LogP contribution in [0.5, 0.6) is 5.75 Å². The molecule has 1 amide bonds. The molecule has 0 aliphatic heterocycles. The molecule has 0 radical (unpaired) electrons. The highest BCUT2D eigenvalue weighted by Gasteiger charge is 2.10. The topological polar surface area (TPSA) is 38.3 Å². The van der Waals surface area contributed by atoms with E-state index in [1.54, 1.807) is 0 Å². The van der Waals surface area contributed by atoms with Gasteiger partial charge in [0.05, 0.1) is 6.04 Å². The van der Waals surface area contributed by atoms with Crippen molar-refractivity contribution >= 4 is 5.91 Å². The molecule has 0 aliphatic carbocycles. The predicted molar refractivity (Wildman–Crippen MR) is 84.4 cm³/mol. The van der Waals surface area contributed by atoms with Crippen LogP contribution in [-0.4, -0.2) is 12.5 Å². The first-order valence-corrected chi connectivity index (χ1v) is 7.10. The second kappa shape index (κ2) is 6.93. The van der Waals surface area contributed by atoms with Gasteiger partial charge in [0.25, 0.3) is 5.91 Å². The Hall–Kier alpha value is -2.29. The molecule has 2 aromatic rings. The molecule has 2 aromatic carbocycles. The van der Waals surface area contributed by atoms with Crippen LogP contribution in [-0.2, 0) is 4.79 Å². The lowest BCUT2D eigenvalue weighted by Gasteiger charge is -2.15. The van der Waals surface area contributed by atoms with Gasteiger partial charge in [-0.05, 0) is 38.0 Å². The van der Waals surface area contributed by atoms with Crippen LogP contribution in [0.1, 0.15) is 29.7 Å². The predicted octanol–water partition coefficient (Wildman–Crippen LogP) is 3.56. The molecule has 110 valence electrons. The average molecular weight is 283 g/mol. The van der Waals surface area contributed by atoms with Crippen molar-refractivity contribution in [1.82, 2.24) is 5.32 Å². The van der Waals surface area contributed by atoms with Crippen LogP contribution in [0.15, 0.2) is 48.5 Å². The molecule has 3 heteroatoms. The Morgan fingerprint density at radius 3 is 2.52 bits per heavy atom. The maximum absolute atomic E-state index is 11.9. The third kappa shape index (κ3) is 4.35. The quantitative estimate of drug-likeness (QED) is 0.911. The van der Waals surface area contributed by atoms with Crippen molar-refractivity contribution in [2.24, 2.45) is 0 Å². The van der Waals surface area contributed by atoms with Gasteiger partial charge < -0.3 is 10.1 Å². The minimum Gasteiger partial charge on any atom is -0.484 e. The lowest BCUT2D eigenvalue weighted by molar-refractivity contribution is -0.123. The van der Waals surface area contributed by atoms with Gasteiger partial charge in [0.15, 0.2) is 6.61 Å². The second-order valence-corrected chi connectivity index (χ2v) is 5.26. The maximum Gasteiger partial charge on any atom is 0.258 e. The van der Waals surface area contributed by atoms with E-state index >= 15 is 0 Å². The average Bonchev–Trinajstić information content (AvgIpc) is 2.47. The number of carbonyl (C=O) groups excluding carboxylic acids is 1. The van der Waals surface area contributed by atoms with Crippen LogP contribution in [0, 0.1) is 13.8 Å². The number of benzene rings is 2. The second-order valence-electron chi connectivity index (χ2n) is 5.26. The molecule has 21 heavy (non-hydrogen) atoms. The zero-order valence-corrected chi connectivity index (χ0v) is 12.7. The van der Waals surface area contributed by atoms with E-state index in [1.165, 1.54) is 5.56 Å². The van der Waals surface area contributed by atoms with Gasteiger partial charge in [0.1, 0.15) is 5.75 Å². The molecule has 0 aliphatic rings. The fourth-order valence-corrected chi connectivity index (χ4v) is 2.21. The number of ether oxygens (including phenoxy) is 1. The summed E-state index contributed by atoms with van der Waals surface area (Å²) in [6.45, 7) is 6.00. The third-order valence-corrected chi connectivity index (χ3v) is 3.37. The highest BCUT2D eigenvalue weighted by molar-refractivity contribution is 5.78. The van der Waals surface area contributed by atoms with E-state index in [2.05, 4.69) is 5.32 Å². The van der Waals surface area contributed by atoms with Gasteiger partial charge in [-0.3, -0.25) is 4.79 Å². The fourth-order valence-electron chi connectivity index (χ4n) is 2.21. The molecule has 2 rings (SSSR count). The van der Waals surface area contributed by atoms with E-state index in [4.69, 9.17) is 4.74 Å². The number of hydrogen-bond acceptors (Lipinski definition) is 2. The monoisotopic (exact) mass is 283 g/mol. The number of nitrogens with one attached hydrogen (secondary N) is 1. The number of aryl methyl sites for hydroxylation is 2. The zero-order valence-electron chi connectivity index (χ0n) is 12.7. The Balaban J connectivity index is 1.87. The van der Waals surface area contributed by atoms with Crippen LogP contribution in [0.25, 0.3) is 0 Å². The van der Waals surface area contributed by atoms with Crippen LogP contribution >= 0.6 is 0 Å². The first-order valence-electron chi connectivity index (χ1n) is 7.10. The van der Waals surface area contributed by atoms with E-state index in [9.17, 15) is 4.79 Å². The van der Waals surface area contributed by atoms with Crippen molar-refractivity contribution in [2.45, 2.75) is 26.8 Å². The Labute approximate surface area is 126 Å². The first-order chi connectivity index (χ1) is 10.1. The Morgan fingerprint density at radius 1 is 1.14 bits per heavy atom. The Morgan fingerprint density at radius 2 is 1.86 bits per heavy atom. The minimum atomic E-state index is -0.119. The molecular weight excluding hydrogens is 262 g/mol. The van der Waals surface area contributed by atoms with Gasteiger partial charge in [-0.2, -0.15) is 0 Å². The molecule has 0 saturated carbocycles. The summed E-state index contributed by atoms with van der Waals surface area (Å²) in [6.07, 6.45) is 0. The van der Waals surface area contributed by atoms with Crippen LogP contribution in [0.2, 0.25) is 0 Å². The van der Waals surface area contributed by atoms with Gasteiger partial charge in [0.2, 0.25) is 0 Å². The summed E-state index contributed by atoms with van der Waals surface area (Å²) in [7, 11) is 0. The highest BCUT2D eigenvalue weighted by atomic mass is 16.5. The zero-order chi connectivity index (χ0) is 15.2. The number of rotatable bonds is 5. The van der Waals surface area contributed by atoms with Crippen molar-refractivity contribution in [3.05, 3.63) is 65.2 Å². The standard InChI is InChI=1S/C18H21NO2/c1-13-9-10-17(14(2)11-13)21-12-18(20)19-15(3)16-7-5-4-6-8-16/h4-11,15H,12H2,1-3H3,(H,19,20)/t15-/m1/s1. The molecule has 0 spiro atoms. The lowest BCUT2D eigenvalue weighted by atomic mass is 10.1. The largest absolute Gasteiger partial charge is 0.484 e. The SMILES string of the molecule is Cc1ccc(OCC(=O)N[C@H](C)c2ccccc2)c(C)c1. The lowest BCUT2D eigenvalue weighted by Crippen LogP contribution is -2.31. The maximum atomic E-state index is 11.9. The minimum absolute atomic E-state index is 0.0265. The molecule has 0 saturated heterocycles. The highest BCUT2D eigenvalue weighted by Crippen LogP contribution is 2.18. The number of carbonyl (C=O) groups is 1. The van der Waals surface area contributed by atoms with Gasteiger partial charge >= 0.3 is 0 Å². The normalized spacial score (nSPS) is 11.8. The summed E-state index contributed by atoms with van der Waals surface area (Å²) in [4.78, 5) is 11.9. The van der Waals surface area contributed by atoms with Gasteiger partial charge in [0, 0.05) is 0 Å². The summed E-state index contributed by atoms with van der Waals surface area (Å²) < 4.78 is 5.58. The van der Waals surface area contributed by atoms with Crippen LogP contribution < -0.4 is 10.1 Å². The summed E-state index contributed by atoms with van der Waals surface area (Å²) in [5, 5.41) is 2.93. The molecule has 1 atom stereocenters. The van der Waals surface area contributed by atoms with Crippen molar-refractivity contribution in [2.75, 3.05) is 6.61 Å². The van der Waals surface area contributed by atoms with E-state index in [-0.39, 0.29) is 18.6 Å². The molecule has 0 fully saturated rings. The van der Waals surface area contributed by atoms with Crippen LogP contribution in [0.3, 0.4) is 0 Å². The van der Waals surface area contributed by atoms with E-state index in [0.717, 1.165) is 16.9 Å². The summed E-state index contributed by atoms with van der Waals surface area (Å²) in [5.41, 5.74) is 3.30. The molecular formula is C18H21NO2. The van der Waals surface area contributed by atoms with Crippen molar-refractivity contribution in [3.63, 3.8) is 0 Å². The molecule has 3 nitrogen and oxygen atoms in total. The summed E-state index contributed by atoms with van der Waals surface area (Å²) in [6, 6.07) is 15.8. The fraction of sp³-hybridized carbons (Fsp3) is 0.278. The van der Waals surface area contributed by atoms with Gasteiger partial charge in [-0.1, -0.05) is 48.0 Å². The number of amides is 1. The van der Waals surface area contributed by atoms with E-state index in [0.29, 0.717) is 0 Å². The third-order valence-electron chi connectivity index (χ3n) is 3.37. The first kappa shape index (κ1) is 15.1. The van der Waals surface area contributed by atoms with E-state index < -0.39 is 0 Å². The van der Waals surface area contributed by atoms with Crippen molar-refractivity contribution < 1.29 is 9.53 Å².